The fraction of sp³-hybridized carbons (Fsp3) is 0.500. The number of carbonyl (C=O) groups excluding carboxylic acids is 1. The first-order chi connectivity index (χ1) is 9.13. The largest absolute Gasteiger partial charge is 0.489 e. The van der Waals surface area contributed by atoms with Gasteiger partial charge in [0.15, 0.2) is 17.3 Å². The summed E-state index contributed by atoms with van der Waals surface area (Å²) < 4.78 is 57.2. The second-order valence-electron chi connectivity index (χ2n) is 5.57. The van der Waals surface area contributed by atoms with Crippen molar-refractivity contribution in [2.24, 2.45) is 11.3 Å². The lowest BCUT2D eigenvalue weighted by molar-refractivity contribution is -0.216. The van der Waals surface area contributed by atoms with E-state index >= 15 is 0 Å². The van der Waals surface area contributed by atoms with E-state index in [9.17, 15) is 22.4 Å². The summed E-state index contributed by atoms with van der Waals surface area (Å²) in [6, 6.07) is 3.85. The first-order valence-electron chi connectivity index (χ1n) is 6.16. The van der Waals surface area contributed by atoms with Crippen molar-refractivity contribution in [3.05, 3.63) is 29.6 Å². The average Bonchev–Trinajstić information content (AvgIpc) is 2.32. The van der Waals surface area contributed by atoms with Crippen molar-refractivity contribution in [2.75, 3.05) is 6.61 Å². The molecule has 2 rings (SSSR count). The minimum atomic E-state index is -4.41. The number of para-hydroxylation sites is 1. The number of fused-ring (bicyclic) bond motifs is 1. The maximum atomic E-state index is 13.4. The van der Waals surface area contributed by atoms with Crippen molar-refractivity contribution in [1.29, 1.82) is 0 Å². The van der Waals surface area contributed by atoms with Crippen LogP contribution in [0.3, 0.4) is 0 Å². The van der Waals surface area contributed by atoms with E-state index in [-0.39, 0.29) is 24.3 Å². The molecule has 0 radical (unpaired) electrons. The minimum Gasteiger partial charge on any atom is -0.489 e. The van der Waals surface area contributed by atoms with Crippen molar-refractivity contribution in [3.63, 3.8) is 0 Å². The van der Waals surface area contributed by atoms with Gasteiger partial charge in [-0.15, -0.1) is 0 Å². The molecule has 1 atom stereocenters. The number of Topliss-reactive ketones (excluding diaryl/α,β-unsaturated/α-hetero) is 1. The molecule has 1 aliphatic heterocycles. The summed E-state index contributed by atoms with van der Waals surface area (Å²) in [6.07, 6.45) is -4.79. The molecule has 0 amide bonds. The Kier molecular flexibility index (Phi) is 3.52. The van der Waals surface area contributed by atoms with Gasteiger partial charge in [-0.3, -0.25) is 4.79 Å². The molecule has 1 aliphatic rings. The van der Waals surface area contributed by atoms with Crippen molar-refractivity contribution in [3.8, 4) is 5.75 Å². The van der Waals surface area contributed by atoms with Crippen molar-refractivity contribution in [2.45, 2.75) is 26.4 Å². The van der Waals surface area contributed by atoms with E-state index in [1.807, 2.05) is 0 Å². The highest BCUT2D eigenvalue weighted by Gasteiger charge is 2.49. The molecule has 1 aromatic rings. The molecular weight excluding hydrogens is 276 g/mol. The van der Waals surface area contributed by atoms with Crippen LogP contribution in [0.25, 0.3) is 0 Å². The molecule has 0 N–H and O–H groups in total. The number of carbonyl (C=O) groups is 1. The summed E-state index contributed by atoms with van der Waals surface area (Å²) in [7, 11) is 0. The molecule has 0 bridgehead atoms. The molecule has 110 valence electrons. The summed E-state index contributed by atoms with van der Waals surface area (Å²) in [6.45, 7) is 1.86. The SMILES string of the molecule is CC(C)(C[C@H]1COc2c(F)cccc2C1=O)C(F)(F)F. The maximum absolute atomic E-state index is 13.4. The first-order valence-corrected chi connectivity index (χ1v) is 6.16. The summed E-state index contributed by atoms with van der Waals surface area (Å²) in [5.74, 6) is -2.26. The number of hydrogen-bond acceptors (Lipinski definition) is 2. The lowest BCUT2D eigenvalue weighted by Gasteiger charge is -2.33. The van der Waals surface area contributed by atoms with E-state index in [2.05, 4.69) is 0 Å². The van der Waals surface area contributed by atoms with Gasteiger partial charge in [-0.25, -0.2) is 4.39 Å². The second kappa shape index (κ2) is 4.75. The van der Waals surface area contributed by atoms with Gasteiger partial charge in [0.05, 0.1) is 23.5 Å². The topological polar surface area (TPSA) is 26.3 Å². The molecule has 1 aromatic carbocycles. The zero-order chi connectivity index (χ0) is 15.1. The van der Waals surface area contributed by atoms with Gasteiger partial charge < -0.3 is 4.74 Å². The predicted molar refractivity (Wildman–Crippen MR) is 64.2 cm³/mol. The van der Waals surface area contributed by atoms with Gasteiger partial charge in [0.1, 0.15) is 0 Å². The molecule has 20 heavy (non-hydrogen) atoms. The lowest BCUT2D eigenvalue weighted by Crippen LogP contribution is -2.39. The molecule has 2 nitrogen and oxygen atoms in total. The van der Waals surface area contributed by atoms with Gasteiger partial charge in [0.2, 0.25) is 0 Å². The molecule has 0 saturated heterocycles. The van der Waals surface area contributed by atoms with Gasteiger partial charge >= 0.3 is 6.18 Å². The summed E-state index contributed by atoms with van der Waals surface area (Å²) in [5, 5.41) is 0. The lowest BCUT2D eigenvalue weighted by atomic mass is 9.78. The molecule has 0 saturated carbocycles. The minimum absolute atomic E-state index is 0.0132. The molecule has 1 heterocycles. The van der Waals surface area contributed by atoms with E-state index in [1.54, 1.807) is 0 Å². The number of hydrogen-bond donors (Lipinski definition) is 0. The van der Waals surface area contributed by atoms with Crippen LogP contribution in [0.1, 0.15) is 30.6 Å². The Hall–Kier alpha value is -1.59. The van der Waals surface area contributed by atoms with Crippen LogP contribution in [0.4, 0.5) is 17.6 Å². The van der Waals surface area contributed by atoms with Crippen LogP contribution in [0, 0.1) is 17.2 Å². The number of ketones is 1. The number of benzene rings is 1. The van der Waals surface area contributed by atoms with Crippen LogP contribution < -0.4 is 4.74 Å². The normalized spacial score (nSPS) is 19.5. The number of rotatable bonds is 2. The Labute approximate surface area is 113 Å². The predicted octanol–water partition coefficient (Wildman–Crippen LogP) is 4.00. The second-order valence-corrected chi connectivity index (χ2v) is 5.57. The Morgan fingerprint density at radius 3 is 2.55 bits per heavy atom. The first kappa shape index (κ1) is 14.8. The smallest absolute Gasteiger partial charge is 0.394 e. The van der Waals surface area contributed by atoms with Crippen LogP contribution in [-0.4, -0.2) is 18.6 Å². The van der Waals surface area contributed by atoms with E-state index < -0.39 is 29.1 Å². The highest BCUT2D eigenvalue weighted by Crippen LogP contribution is 2.44. The standard InChI is InChI=1S/C14H14F4O2/c1-13(2,14(16,17)18)6-8-7-20-12-9(11(8)19)4-3-5-10(12)15/h3-5,8H,6-7H2,1-2H3/t8-/m0/s1. The third-order valence-electron chi connectivity index (χ3n) is 3.56. The molecule has 0 spiro atoms. The van der Waals surface area contributed by atoms with Crippen LogP contribution in [0.2, 0.25) is 0 Å². The Morgan fingerprint density at radius 2 is 1.95 bits per heavy atom. The number of halogens is 4. The van der Waals surface area contributed by atoms with Gasteiger partial charge in [0, 0.05) is 0 Å². The van der Waals surface area contributed by atoms with Crippen LogP contribution in [0.5, 0.6) is 5.75 Å². The van der Waals surface area contributed by atoms with E-state index in [0.29, 0.717) is 0 Å². The molecular formula is C14H14F4O2. The zero-order valence-corrected chi connectivity index (χ0v) is 11.1. The van der Waals surface area contributed by atoms with Gasteiger partial charge in [-0.1, -0.05) is 19.9 Å². The molecule has 0 fully saturated rings. The summed E-state index contributed by atoms with van der Waals surface area (Å²) in [4.78, 5) is 12.2. The van der Waals surface area contributed by atoms with Crippen molar-refractivity contribution >= 4 is 5.78 Å². The van der Waals surface area contributed by atoms with Crippen molar-refractivity contribution < 1.29 is 27.1 Å². The van der Waals surface area contributed by atoms with E-state index in [1.165, 1.54) is 12.1 Å². The summed E-state index contributed by atoms with van der Waals surface area (Å²) >= 11 is 0. The number of alkyl halides is 3. The van der Waals surface area contributed by atoms with Crippen molar-refractivity contribution in [1.82, 2.24) is 0 Å². The monoisotopic (exact) mass is 290 g/mol. The zero-order valence-electron chi connectivity index (χ0n) is 11.1. The molecule has 0 aliphatic carbocycles. The Morgan fingerprint density at radius 1 is 1.30 bits per heavy atom. The summed E-state index contributed by atoms with van der Waals surface area (Å²) in [5.41, 5.74) is -1.99. The average molecular weight is 290 g/mol. The third kappa shape index (κ3) is 2.51. The Balaban J connectivity index is 2.25. The van der Waals surface area contributed by atoms with E-state index in [0.717, 1.165) is 19.9 Å². The quantitative estimate of drug-likeness (QED) is 0.770. The van der Waals surface area contributed by atoms with Gasteiger partial charge in [-0.05, 0) is 18.6 Å². The molecule has 0 unspecified atom stereocenters. The molecule has 6 heteroatoms. The van der Waals surface area contributed by atoms with Gasteiger partial charge in [-0.2, -0.15) is 13.2 Å². The van der Waals surface area contributed by atoms with Crippen LogP contribution in [-0.2, 0) is 0 Å². The fourth-order valence-corrected chi connectivity index (χ4v) is 2.21. The van der Waals surface area contributed by atoms with E-state index in [4.69, 9.17) is 4.74 Å². The highest BCUT2D eigenvalue weighted by molar-refractivity contribution is 6.01. The maximum Gasteiger partial charge on any atom is 0.394 e. The fourth-order valence-electron chi connectivity index (χ4n) is 2.21. The number of ether oxygens (including phenoxy) is 1. The third-order valence-corrected chi connectivity index (χ3v) is 3.56. The highest BCUT2D eigenvalue weighted by atomic mass is 19.4. The molecule has 0 aromatic heterocycles. The van der Waals surface area contributed by atoms with Gasteiger partial charge in [0.25, 0.3) is 0 Å². The Bertz CT molecular complexity index is 534. The van der Waals surface area contributed by atoms with Crippen LogP contribution in [0.15, 0.2) is 18.2 Å². The van der Waals surface area contributed by atoms with Crippen LogP contribution >= 0.6 is 0 Å².